The number of aryl methyl sites for hydroxylation is 1. The molecule has 0 aromatic heterocycles. The van der Waals surface area contributed by atoms with Crippen LogP contribution in [-0.4, -0.2) is 6.85 Å². The Labute approximate surface area is 436 Å². The minimum absolute atomic E-state index is 0.0110. The smallest absolute Gasteiger partial charge is 0.333 e. The molecule has 5 heteroatoms. The molecule has 6 aliphatic rings. The molecule has 3 aliphatic heterocycles. The van der Waals surface area contributed by atoms with Gasteiger partial charge in [0.25, 0.3) is 0 Å². The molecular weight excluding hydrogens is 900 g/mol. The van der Waals surface area contributed by atoms with E-state index in [1.165, 1.54) is 111 Å². The average Bonchev–Trinajstić information content (AvgIpc) is 3.82. The maximum atomic E-state index is 6.98. The van der Waals surface area contributed by atoms with Gasteiger partial charge in [0.15, 0.2) is 23.0 Å². The van der Waals surface area contributed by atoms with E-state index in [1.54, 1.807) is 0 Å². The zero-order valence-corrected chi connectivity index (χ0v) is 43.9. The molecule has 3 aliphatic carbocycles. The van der Waals surface area contributed by atoms with E-state index in [4.69, 9.17) is 9.47 Å². The summed E-state index contributed by atoms with van der Waals surface area (Å²) in [5.41, 5.74) is 27.8. The average molecular weight is 959 g/mol. The summed E-state index contributed by atoms with van der Waals surface area (Å²) in [5.74, 6) is 2.87. The number of ether oxygens (including phenoxy) is 2. The summed E-state index contributed by atoms with van der Waals surface area (Å²) in [6.45, 7) is 21.6. The predicted octanol–water partition coefficient (Wildman–Crippen LogP) is 17.2. The molecule has 0 N–H and O–H groups in total. The van der Waals surface area contributed by atoms with Gasteiger partial charge in [-0.2, -0.15) is 0 Å². The lowest BCUT2D eigenvalue weighted by atomic mass is 9.42. The third kappa shape index (κ3) is 5.70. The molecule has 0 saturated carbocycles. The van der Waals surface area contributed by atoms with Crippen LogP contribution in [0.5, 0.6) is 23.0 Å². The van der Waals surface area contributed by atoms with Gasteiger partial charge in [-0.05, 0) is 156 Å². The Hall–Kier alpha value is -7.76. The minimum Gasteiger partial charge on any atom is -0.450 e. The van der Waals surface area contributed by atoms with Gasteiger partial charge in [0.1, 0.15) is 0 Å². The molecule has 9 aromatic carbocycles. The van der Waals surface area contributed by atoms with Crippen LogP contribution in [0.1, 0.15) is 107 Å². The normalized spacial score (nSPS) is 17.4. The van der Waals surface area contributed by atoms with Crippen molar-refractivity contribution in [1.29, 1.82) is 0 Å². The second kappa shape index (κ2) is 14.7. The summed E-state index contributed by atoms with van der Waals surface area (Å²) >= 11 is 0. The first kappa shape index (κ1) is 43.8. The highest BCUT2D eigenvalue weighted by atomic mass is 16.6. The van der Waals surface area contributed by atoms with E-state index in [0.717, 1.165) is 41.5 Å². The Balaban J connectivity index is 1.14. The van der Waals surface area contributed by atoms with Crippen LogP contribution in [0, 0.1) is 6.92 Å². The lowest BCUT2D eigenvalue weighted by Crippen LogP contribution is -2.62. The molecular formula is C69H59BN2O2. The third-order valence-electron chi connectivity index (χ3n) is 18.4. The van der Waals surface area contributed by atoms with E-state index < -0.39 is 0 Å². The highest BCUT2D eigenvalue weighted by Crippen LogP contribution is 2.63. The van der Waals surface area contributed by atoms with Crippen molar-refractivity contribution in [2.24, 2.45) is 0 Å². The van der Waals surface area contributed by atoms with Gasteiger partial charge in [0.2, 0.25) is 0 Å². The zero-order valence-electron chi connectivity index (χ0n) is 43.9. The fraction of sp³-hybridized carbons (Fsp3) is 0.217. The van der Waals surface area contributed by atoms with Crippen LogP contribution >= 0.6 is 0 Å². The van der Waals surface area contributed by atoms with Crippen LogP contribution in [0.25, 0.3) is 44.5 Å². The summed E-state index contributed by atoms with van der Waals surface area (Å²) in [5, 5.41) is 0. The lowest BCUT2D eigenvalue weighted by molar-refractivity contribution is 0.332. The second-order valence-electron chi connectivity index (χ2n) is 24.3. The molecule has 15 rings (SSSR count). The quantitative estimate of drug-likeness (QED) is 0.165. The predicted molar refractivity (Wildman–Crippen MR) is 307 cm³/mol. The van der Waals surface area contributed by atoms with Gasteiger partial charge in [0, 0.05) is 56.5 Å². The minimum atomic E-state index is -0.322. The fourth-order valence-electron chi connectivity index (χ4n) is 14.6. The van der Waals surface area contributed by atoms with Crippen LogP contribution in [0.15, 0.2) is 170 Å². The second-order valence-corrected chi connectivity index (χ2v) is 24.3. The van der Waals surface area contributed by atoms with Crippen molar-refractivity contribution in [3.63, 3.8) is 0 Å². The topological polar surface area (TPSA) is 24.9 Å². The van der Waals surface area contributed by atoms with Crippen LogP contribution in [0.3, 0.4) is 0 Å². The molecule has 0 amide bonds. The first-order valence-corrected chi connectivity index (χ1v) is 26.7. The van der Waals surface area contributed by atoms with Crippen molar-refractivity contribution in [3.8, 4) is 67.5 Å². The van der Waals surface area contributed by atoms with E-state index in [1.807, 2.05) is 24.3 Å². The molecule has 0 radical (unpaired) electrons. The SMILES string of the molecule is Cc1cc2c(cc1N1c3cc4c(cc3B3c5c1cc1c(c5-c5c(ccc6c5-c5ccccc5C6(C)C)N3c3ccccc3-c3ccccc3)C(C)(C)c3ccccc3-1)Oc1ccccc1O4)C(C)(C)CCC2(C)C. The maximum absolute atomic E-state index is 6.98. The summed E-state index contributed by atoms with van der Waals surface area (Å²) in [6.07, 6.45) is 2.28. The Morgan fingerprint density at radius 1 is 0.405 bits per heavy atom. The van der Waals surface area contributed by atoms with Crippen LogP contribution in [0.2, 0.25) is 0 Å². The van der Waals surface area contributed by atoms with Crippen LogP contribution < -0.4 is 30.1 Å². The summed E-state index contributed by atoms with van der Waals surface area (Å²) in [6, 6.07) is 63.8. The van der Waals surface area contributed by atoms with Gasteiger partial charge in [-0.3, -0.25) is 0 Å². The van der Waals surface area contributed by atoms with E-state index in [2.05, 4.69) is 218 Å². The third-order valence-corrected chi connectivity index (χ3v) is 18.4. The van der Waals surface area contributed by atoms with Crippen molar-refractivity contribution in [2.75, 3.05) is 9.71 Å². The Bertz CT molecular complexity index is 3950. The molecule has 360 valence electrons. The van der Waals surface area contributed by atoms with Crippen molar-refractivity contribution < 1.29 is 9.47 Å². The van der Waals surface area contributed by atoms with Crippen LogP contribution in [-0.2, 0) is 21.7 Å². The van der Waals surface area contributed by atoms with Crippen molar-refractivity contribution >= 4 is 46.2 Å². The monoisotopic (exact) mass is 958 g/mol. The standard InChI is InChI=1S/C69H59BN2O2/c1-40-35-49-50(67(4,5)34-33-66(49,2)3)37-54(40)71-55-39-60-59(73-57-29-19-20-30-58(57)74-60)38-51(55)70-65-56(71)36-45-43-24-13-16-26-46(43)69(8,9)64(45)63(65)62-53(32-31-48-61(62)44-25-14-17-27-47(44)68(48,6)7)72(70)52-28-18-15-23-42(52)41-21-11-10-12-22-41/h10-32,35-39H,33-34H2,1-9H3. The lowest BCUT2D eigenvalue weighted by Gasteiger charge is -2.49. The number of anilines is 5. The fourth-order valence-corrected chi connectivity index (χ4v) is 14.6. The number of hydrogen-bond donors (Lipinski definition) is 0. The molecule has 3 heterocycles. The summed E-state index contributed by atoms with van der Waals surface area (Å²) in [7, 11) is 0. The molecule has 0 saturated heterocycles. The largest absolute Gasteiger partial charge is 0.450 e. The summed E-state index contributed by atoms with van der Waals surface area (Å²) < 4.78 is 13.9. The van der Waals surface area contributed by atoms with E-state index >= 15 is 0 Å². The van der Waals surface area contributed by atoms with E-state index in [-0.39, 0.29) is 28.5 Å². The van der Waals surface area contributed by atoms with Gasteiger partial charge >= 0.3 is 6.85 Å². The van der Waals surface area contributed by atoms with Crippen molar-refractivity contribution in [3.05, 3.63) is 209 Å². The van der Waals surface area contributed by atoms with Gasteiger partial charge in [0.05, 0.1) is 0 Å². The highest BCUT2D eigenvalue weighted by Gasteiger charge is 2.53. The number of benzene rings is 9. The summed E-state index contributed by atoms with van der Waals surface area (Å²) in [4.78, 5) is 5.36. The van der Waals surface area contributed by atoms with E-state index in [0.29, 0.717) is 5.75 Å². The molecule has 0 bridgehead atoms. The molecule has 0 unspecified atom stereocenters. The first-order valence-electron chi connectivity index (χ1n) is 26.7. The number of para-hydroxylation sites is 3. The van der Waals surface area contributed by atoms with Gasteiger partial charge in [-0.15, -0.1) is 0 Å². The maximum Gasteiger partial charge on any atom is 0.333 e. The Morgan fingerprint density at radius 3 is 1.72 bits per heavy atom. The Morgan fingerprint density at radius 2 is 1.00 bits per heavy atom. The molecule has 4 nitrogen and oxygen atoms in total. The number of hydrogen-bond acceptors (Lipinski definition) is 4. The highest BCUT2D eigenvalue weighted by molar-refractivity contribution is 6.94. The van der Waals surface area contributed by atoms with Gasteiger partial charge < -0.3 is 19.2 Å². The zero-order chi connectivity index (χ0) is 50.4. The Kier molecular flexibility index (Phi) is 8.71. The number of nitrogens with zero attached hydrogens (tertiary/aromatic N) is 2. The number of rotatable bonds is 3. The molecule has 0 atom stereocenters. The molecule has 74 heavy (non-hydrogen) atoms. The van der Waals surface area contributed by atoms with Crippen molar-refractivity contribution in [2.45, 2.75) is 96.8 Å². The number of fused-ring (bicyclic) bond motifs is 15. The van der Waals surface area contributed by atoms with E-state index in [9.17, 15) is 0 Å². The van der Waals surface area contributed by atoms with Crippen molar-refractivity contribution in [1.82, 2.24) is 0 Å². The van der Waals surface area contributed by atoms with Gasteiger partial charge in [-0.1, -0.05) is 177 Å². The first-order chi connectivity index (χ1) is 35.6. The molecule has 0 spiro atoms. The van der Waals surface area contributed by atoms with Crippen LogP contribution in [0.4, 0.5) is 28.4 Å². The molecule has 0 fully saturated rings. The molecule has 9 aromatic rings. The van der Waals surface area contributed by atoms with Gasteiger partial charge in [-0.25, -0.2) is 0 Å².